The van der Waals surface area contributed by atoms with Crippen LogP contribution < -0.4 is 0 Å². The van der Waals surface area contributed by atoms with Crippen LogP contribution in [0.15, 0.2) is 18.3 Å². The number of halogens is 2. The molecule has 0 bridgehead atoms. The Bertz CT molecular complexity index is 339. The molecule has 0 aromatic carbocycles. The summed E-state index contributed by atoms with van der Waals surface area (Å²) in [4.78, 5) is 6.26. The summed E-state index contributed by atoms with van der Waals surface area (Å²) in [6.07, 6.45) is 1.78. The van der Waals surface area contributed by atoms with Gasteiger partial charge in [-0.15, -0.1) is 0 Å². The number of aromatic nitrogens is 1. The van der Waals surface area contributed by atoms with Gasteiger partial charge in [0.15, 0.2) is 0 Å². The highest BCUT2D eigenvalue weighted by molar-refractivity contribution is 5.13. The Morgan fingerprint density at radius 1 is 1.31 bits per heavy atom. The zero-order chi connectivity index (χ0) is 11.6. The molecule has 88 valence electrons. The van der Waals surface area contributed by atoms with Gasteiger partial charge in [-0.3, -0.25) is 9.88 Å². The third-order valence-electron chi connectivity index (χ3n) is 2.97. The van der Waals surface area contributed by atoms with Crippen LogP contribution in [0, 0.1) is 6.92 Å². The van der Waals surface area contributed by atoms with Crippen LogP contribution >= 0.6 is 0 Å². The molecule has 0 N–H and O–H groups in total. The van der Waals surface area contributed by atoms with Crippen molar-refractivity contribution in [3.63, 3.8) is 0 Å². The van der Waals surface area contributed by atoms with Gasteiger partial charge in [-0.25, -0.2) is 8.78 Å². The molecule has 0 saturated carbocycles. The van der Waals surface area contributed by atoms with E-state index in [0.29, 0.717) is 13.1 Å². The van der Waals surface area contributed by atoms with Gasteiger partial charge in [0, 0.05) is 44.4 Å². The molecule has 1 aromatic heterocycles. The normalized spacial score (nSPS) is 20.9. The number of aryl methyl sites for hydroxylation is 1. The van der Waals surface area contributed by atoms with E-state index in [1.165, 1.54) is 0 Å². The molecule has 1 aromatic rings. The molecule has 0 aliphatic carbocycles. The number of hydrogen-bond acceptors (Lipinski definition) is 2. The van der Waals surface area contributed by atoms with Crippen LogP contribution in [0.5, 0.6) is 0 Å². The maximum Gasteiger partial charge on any atom is 0.250 e. The third kappa shape index (κ3) is 2.98. The van der Waals surface area contributed by atoms with E-state index in [4.69, 9.17) is 0 Å². The van der Waals surface area contributed by atoms with E-state index in [9.17, 15) is 8.78 Å². The van der Waals surface area contributed by atoms with E-state index < -0.39 is 5.92 Å². The average Bonchev–Trinajstić information content (AvgIpc) is 2.24. The lowest BCUT2D eigenvalue weighted by atomic mass is 10.1. The number of piperidine rings is 1. The quantitative estimate of drug-likeness (QED) is 0.770. The number of nitrogens with zero attached hydrogens (tertiary/aromatic N) is 2. The Balaban J connectivity index is 1.89. The molecule has 16 heavy (non-hydrogen) atoms. The monoisotopic (exact) mass is 226 g/mol. The van der Waals surface area contributed by atoms with Crippen LogP contribution in [-0.2, 0) is 6.54 Å². The van der Waals surface area contributed by atoms with Crippen molar-refractivity contribution >= 4 is 0 Å². The average molecular weight is 226 g/mol. The van der Waals surface area contributed by atoms with Gasteiger partial charge in [-0.2, -0.15) is 0 Å². The molecule has 0 radical (unpaired) electrons. The highest BCUT2D eigenvalue weighted by atomic mass is 19.3. The molecule has 1 aliphatic rings. The Labute approximate surface area is 94.3 Å². The number of alkyl halides is 2. The molecule has 4 heteroatoms. The van der Waals surface area contributed by atoms with Gasteiger partial charge in [-0.1, -0.05) is 6.07 Å². The molecule has 1 saturated heterocycles. The second kappa shape index (κ2) is 4.45. The summed E-state index contributed by atoms with van der Waals surface area (Å²) in [5, 5.41) is 0. The molecule has 0 spiro atoms. The van der Waals surface area contributed by atoms with Gasteiger partial charge in [0.25, 0.3) is 5.92 Å². The van der Waals surface area contributed by atoms with E-state index in [-0.39, 0.29) is 12.8 Å². The molecule has 0 unspecified atom stereocenters. The predicted molar refractivity (Wildman–Crippen MR) is 58.4 cm³/mol. The summed E-state index contributed by atoms with van der Waals surface area (Å²) < 4.78 is 25.9. The van der Waals surface area contributed by atoms with E-state index in [2.05, 4.69) is 9.88 Å². The summed E-state index contributed by atoms with van der Waals surface area (Å²) in [6, 6.07) is 3.96. The number of hydrogen-bond donors (Lipinski definition) is 0. The summed E-state index contributed by atoms with van der Waals surface area (Å²) in [6.45, 7) is 3.61. The summed E-state index contributed by atoms with van der Waals surface area (Å²) in [5.74, 6) is -2.46. The Hall–Kier alpha value is -1.03. The second-order valence-corrected chi connectivity index (χ2v) is 4.44. The lowest BCUT2D eigenvalue weighted by Crippen LogP contribution is -2.38. The Kier molecular flexibility index (Phi) is 3.19. The second-order valence-electron chi connectivity index (χ2n) is 4.44. The van der Waals surface area contributed by atoms with Crippen LogP contribution in [0.3, 0.4) is 0 Å². The summed E-state index contributed by atoms with van der Waals surface area (Å²) >= 11 is 0. The zero-order valence-electron chi connectivity index (χ0n) is 9.42. The molecule has 0 amide bonds. The van der Waals surface area contributed by atoms with E-state index in [1.807, 2.05) is 25.3 Å². The van der Waals surface area contributed by atoms with Gasteiger partial charge >= 0.3 is 0 Å². The van der Waals surface area contributed by atoms with Crippen LogP contribution in [0.25, 0.3) is 0 Å². The molecule has 1 fully saturated rings. The number of rotatable bonds is 2. The molecule has 0 atom stereocenters. The van der Waals surface area contributed by atoms with Crippen molar-refractivity contribution in [1.29, 1.82) is 0 Å². The van der Waals surface area contributed by atoms with Crippen LogP contribution in [0.2, 0.25) is 0 Å². The fraction of sp³-hybridized carbons (Fsp3) is 0.583. The Morgan fingerprint density at radius 3 is 2.56 bits per heavy atom. The molecular formula is C12H16F2N2. The topological polar surface area (TPSA) is 16.1 Å². The molecule has 2 nitrogen and oxygen atoms in total. The van der Waals surface area contributed by atoms with Crippen molar-refractivity contribution in [2.24, 2.45) is 0 Å². The number of likely N-dealkylation sites (tertiary alicyclic amines) is 1. The maximum absolute atomic E-state index is 12.9. The minimum Gasteiger partial charge on any atom is -0.299 e. The lowest BCUT2D eigenvalue weighted by molar-refractivity contribution is -0.0566. The van der Waals surface area contributed by atoms with Crippen molar-refractivity contribution in [3.05, 3.63) is 29.6 Å². The fourth-order valence-corrected chi connectivity index (χ4v) is 1.89. The van der Waals surface area contributed by atoms with E-state index in [0.717, 1.165) is 17.8 Å². The highest BCUT2D eigenvalue weighted by Gasteiger charge is 2.33. The highest BCUT2D eigenvalue weighted by Crippen LogP contribution is 2.28. The minimum absolute atomic E-state index is 0.0215. The maximum atomic E-state index is 12.9. The summed E-state index contributed by atoms with van der Waals surface area (Å²) in [5.41, 5.74) is 2.07. The first-order chi connectivity index (χ1) is 7.55. The first-order valence-electron chi connectivity index (χ1n) is 5.57. The van der Waals surface area contributed by atoms with Gasteiger partial charge in [-0.05, 0) is 18.6 Å². The van der Waals surface area contributed by atoms with Crippen molar-refractivity contribution < 1.29 is 8.78 Å². The van der Waals surface area contributed by atoms with Gasteiger partial charge in [0.05, 0.1) is 0 Å². The fourth-order valence-electron chi connectivity index (χ4n) is 1.89. The van der Waals surface area contributed by atoms with Gasteiger partial charge in [0.1, 0.15) is 0 Å². The summed E-state index contributed by atoms with van der Waals surface area (Å²) in [7, 11) is 0. The minimum atomic E-state index is -2.46. The zero-order valence-corrected chi connectivity index (χ0v) is 9.42. The molecule has 2 heterocycles. The molecule has 1 aliphatic heterocycles. The van der Waals surface area contributed by atoms with E-state index in [1.54, 1.807) is 0 Å². The van der Waals surface area contributed by atoms with E-state index >= 15 is 0 Å². The smallest absolute Gasteiger partial charge is 0.250 e. The van der Waals surface area contributed by atoms with Crippen LogP contribution in [0.1, 0.15) is 24.1 Å². The number of pyridine rings is 1. The first kappa shape index (κ1) is 11.5. The third-order valence-corrected chi connectivity index (χ3v) is 2.97. The van der Waals surface area contributed by atoms with Crippen molar-refractivity contribution in [2.45, 2.75) is 32.2 Å². The largest absolute Gasteiger partial charge is 0.299 e. The van der Waals surface area contributed by atoms with Crippen molar-refractivity contribution in [1.82, 2.24) is 9.88 Å². The molecule has 2 rings (SSSR count). The SMILES string of the molecule is Cc1ccc(CN2CCC(F)(F)CC2)cn1. The first-order valence-corrected chi connectivity index (χ1v) is 5.57. The van der Waals surface area contributed by atoms with Crippen LogP contribution in [0.4, 0.5) is 8.78 Å². The Morgan fingerprint density at radius 2 is 2.00 bits per heavy atom. The van der Waals surface area contributed by atoms with Crippen molar-refractivity contribution in [2.75, 3.05) is 13.1 Å². The standard InChI is InChI=1S/C12H16F2N2/c1-10-2-3-11(8-15-10)9-16-6-4-12(13,14)5-7-16/h2-3,8H,4-7,9H2,1H3. The lowest BCUT2D eigenvalue weighted by Gasteiger charge is -2.31. The van der Waals surface area contributed by atoms with Crippen LogP contribution in [-0.4, -0.2) is 28.9 Å². The predicted octanol–water partition coefficient (Wildman–Crippen LogP) is 2.62. The van der Waals surface area contributed by atoms with Gasteiger partial charge < -0.3 is 0 Å². The van der Waals surface area contributed by atoms with Gasteiger partial charge in [0.2, 0.25) is 0 Å². The van der Waals surface area contributed by atoms with Crippen molar-refractivity contribution in [3.8, 4) is 0 Å². The molecular weight excluding hydrogens is 210 g/mol.